The van der Waals surface area contributed by atoms with Gasteiger partial charge in [0.25, 0.3) is 0 Å². The Kier molecular flexibility index (Phi) is 3.28. The molecule has 3 nitrogen and oxygen atoms in total. The first-order chi connectivity index (χ1) is 9.28. The van der Waals surface area contributed by atoms with Gasteiger partial charge in [-0.25, -0.2) is 4.98 Å². The molecule has 1 saturated carbocycles. The van der Waals surface area contributed by atoms with E-state index in [0.29, 0.717) is 6.04 Å². The number of nitrogens with one attached hydrogen (secondary N) is 1. The first-order valence-electron chi connectivity index (χ1n) is 6.97. The van der Waals surface area contributed by atoms with E-state index in [9.17, 15) is 0 Å². The van der Waals surface area contributed by atoms with Gasteiger partial charge in [-0.15, -0.1) is 0 Å². The second-order valence-corrected chi connectivity index (χ2v) is 5.41. The molecule has 3 rings (SSSR count). The molecule has 3 heteroatoms. The number of methoxy groups -OCH3 is 1. The molecule has 2 atom stereocenters. The number of nitrogens with zero attached hydrogens (tertiary/aromatic N) is 1. The Morgan fingerprint density at radius 3 is 2.89 bits per heavy atom. The molecular weight excluding hydrogens is 236 g/mol. The lowest BCUT2D eigenvalue weighted by Gasteiger charge is -2.19. The molecule has 19 heavy (non-hydrogen) atoms. The number of fused-ring (bicyclic) bond motifs is 1. The zero-order valence-electron chi connectivity index (χ0n) is 11.5. The van der Waals surface area contributed by atoms with Crippen LogP contribution in [-0.2, 0) is 0 Å². The Hall–Kier alpha value is -1.77. The third kappa shape index (κ3) is 2.37. The van der Waals surface area contributed by atoms with E-state index in [-0.39, 0.29) is 0 Å². The summed E-state index contributed by atoms with van der Waals surface area (Å²) in [6, 6.07) is 8.72. The van der Waals surface area contributed by atoms with E-state index < -0.39 is 0 Å². The fourth-order valence-corrected chi connectivity index (χ4v) is 2.93. The van der Waals surface area contributed by atoms with Crippen molar-refractivity contribution in [3.63, 3.8) is 0 Å². The average Bonchev–Trinajstić information content (AvgIpc) is 2.84. The number of benzene rings is 1. The molecule has 0 aliphatic heterocycles. The van der Waals surface area contributed by atoms with E-state index in [1.54, 1.807) is 7.11 Å². The summed E-state index contributed by atoms with van der Waals surface area (Å²) in [4.78, 5) is 4.51. The fraction of sp³-hybridized carbons (Fsp3) is 0.438. The fourth-order valence-electron chi connectivity index (χ4n) is 2.93. The van der Waals surface area contributed by atoms with Crippen LogP contribution in [0.15, 0.2) is 30.5 Å². The van der Waals surface area contributed by atoms with E-state index in [1.165, 1.54) is 30.0 Å². The standard InChI is InChI=1S/C16H20N2O/c1-11-4-3-5-15(11)18-16-14-7-6-13(19-2)10-12(14)8-9-17-16/h6-11,15H,3-5H2,1-2H3,(H,17,18). The Morgan fingerprint density at radius 2 is 2.16 bits per heavy atom. The number of aromatic nitrogens is 1. The summed E-state index contributed by atoms with van der Waals surface area (Å²) in [5.41, 5.74) is 0. The highest BCUT2D eigenvalue weighted by molar-refractivity contribution is 5.92. The molecule has 1 heterocycles. The number of rotatable bonds is 3. The maximum Gasteiger partial charge on any atom is 0.134 e. The van der Waals surface area contributed by atoms with E-state index >= 15 is 0 Å². The van der Waals surface area contributed by atoms with Gasteiger partial charge in [0.1, 0.15) is 11.6 Å². The molecule has 1 fully saturated rings. The van der Waals surface area contributed by atoms with Crippen molar-refractivity contribution < 1.29 is 4.74 Å². The van der Waals surface area contributed by atoms with E-state index in [0.717, 1.165) is 17.5 Å². The lowest BCUT2D eigenvalue weighted by molar-refractivity contribution is 0.415. The van der Waals surface area contributed by atoms with Crippen LogP contribution in [0.25, 0.3) is 10.8 Å². The van der Waals surface area contributed by atoms with Crippen molar-refractivity contribution in [2.75, 3.05) is 12.4 Å². The number of hydrogen-bond acceptors (Lipinski definition) is 3. The lowest BCUT2D eigenvalue weighted by Crippen LogP contribution is -2.22. The van der Waals surface area contributed by atoms with Crippen molar-refractivity contribution in [1.29, 1.82) is 0 Å². The van der Waals surface area contributed by atoms with Gasteiger partial charge in [0.05, 0.1) is 7.11 Å². The molecule has 0 radical (unpaired) electrons. The summed E-state index contributed by atoms with van der Waals surface area (Å²) in [7, 11) is 1.70. The largest absolute Gasteiger partial charge is 0.497 e. The van der Waals surface area contributed by atoms with Gasteiger partial charge in [0, 0.05) is 17.6 Å². The Morgan fingerprint density at radius 1 is 1.26 bits per heavy atom. The van der Waals surface area contributed by atoms with Crippen molar-refractivity contribution in [2.45, 2.75) is 32.2 Å². The van der Waals surface area contributed by atoms with Crippen LogP contribution >= 0.6 is 0 Å². The molecule has 0 bridgehead atoms. The topological polar surface area (TPSA) is 34.1 Å². The molecule has 1 aromatic carbocycles. The number of ether oxygens (including phenoxy) is 1. The monoisotopic (exact) mass is 256 g/mol. The molecular formula is C16H20N2O. The van der Waals surface area contributed by atoms with Gasteiger partial charge in [-0.3, -0.25) is 0 Å². The highest BCUT2D eigenvalue weighted by atomic mass is 16.5. The number of hydrogen-bond donors (Lipinski definition) is 1. The first-order valence-corrected chi connectivity index (χ1v) is 6.97. The van der Waals surface area contributed by atoms with Gasteiger partial charge >= 0.3 is 0 Å². The maximum absolute atomic E-state index is 5.27. The summed E-state index contributed by atoms with van der Waals surface area (Å²) in [5, 5.41) is 5.96. The van der Waals surface area contributed by atoms with E-state index in [2.05, 4.69) is 29.4 Å². The van der Waals surface area contributed by atoms with Gasteiger partial charge < -0.3 is 10.1 Å². The maximum atomic E-state index is 5.27. The molecule has 0 saturated heterocycles. The highest BCUT2D eigenvalue weighted by Crippen LogP contribution is 2.31. The first kappa shape index (κ1) is 12.3. The normalized spacial score (nSPS) is 22.6. The zero-order chi connectivity index (χ0) is 13.2. The zero-order valence-corrected chi connectivity index (χ0v) is 11.5. The summed E-state index contributed by atoms with van der Waals surface area (Å²) in [6.45, 7) is 2.32. The predicted octanol–water partition coefficient (Wildman–Crippen LogP) is 3.84. The molecule has 0 spiro atoms. The van der Waals surface area contributed by atoms with Gasteiger partial charge in [-0.2, -0.15) is 0 Å². The van der Waals surface area contributed by atoms with Gasteiger partial charge in [-0.05, 0) is 48.4 Å². The second kappa shape index (κ2) is 5.08. The van der Waals surface area contributed by atoms with Crippen LogP contribution < -0.4 is 10.1 Å². The van der Waals surface area contributed by atoms with Crippen molar-refractivity contribution in [1.82, 2.24) is 4.98 Å². The summed E-state index contributed by atoms with van der Waals surface area (Å²) in [6.07, 6.45) is 5.74. The van der Waals surface area contributed by atoms with Crippen molar-refractivity contribution in [3.05, 3.63) is 30.5 Å². The molecule has 0 amide bonds. The van der Waals surface area contributed by atoms with Crippen LogP contribution in [0.4, 0.5) is 5.82 Å². The van der Waals surface area contributed by atoms with Crippen LogP contribution in [0.3, 0.4) is 0 Å². The average molecular weight is 256 g/mol. The Balaban J connectivity index is 1.94. The smallest absolute Gasteiger partial charge is 0.134 e. The van der Waals surface area contributed by atoms with Crippen LogP contribution in [0.2, 0.25) is 0 Å². The third-order valence-electron chi connectivity index (χ3n) is 4.16. The van der Waals surface area contributed by atoms with Gasteiger partial charge in [0.15, 0.2) is 0 Å². The van der Waals surface area contributed by atoms with Crippen LogP contribution in [0, 0.1) is 5.92 Å². The summed E-state index contributed by atoms with van der Waals surface area (Å²) >= 11 is 0. The van der Waals surface area contributed by atoms with Crippen molar-refractivity contribution in [3.8, 4) is 5.75 Å². The van der Waals surface area contributed by atoms with Crippen LogP contribution in [0.5, 0.6) is 5.75 Å². The third-order valence-corrected chi connectivity index (χ3v) is 4.16. The minimum Gasteiger partial charge on any atom is -0.497 e. The van der Waals surface area contributed by atoms with Crippen LogP contribution in [-0.4, -0.2) is 18.1 Å². The second-order valence-electron chi connectivity index (χ2n) is 5.41. The van der Waals surface area contributed by atoms with E-state index in [4.69, 9.17) is 4.74 Å². The molecule has 1 aromatic heterocycles. The lowest BCUT2D eigenvalue weighted by atomic mass is 10.1. The predicted molar refractivity (Wildman–Crippen MR) is 78.7 cm³/mol. The number of anilines is 1. The quantitative estimate of drug-likeness (QED) is 0.906. The molecule has 2 aromatic rings. The highest BCUT2D eigenvalue weighted by Gasteiger charge is 2.23. The molecule has 1 N–H and O–H groups in total. The summed E-state index contributed by atoms with van der Waals surface area (Å²) in [5.74, 6) is 2.62. The van der Waals surface area contributed by atoms with Crippen molar-refractivity contribution in [2.24, 2.45) is 5.92 Å². The van der Waals surface area contributed by atoms with E-state index in [1.807, 2.05) is 18.3 Å². The van der Waals surface area contributed by atoms with Crippen molar-refractivity contribution >= 4 is 16.6 Å². The number of pyridine rings is 1. The summed E-state index contributed by atoms with van der Waals surface area (Å²) < 4.78 is 5.27. The minimum atomic E-state index is 0.556. The molecule has 100 valence electrons. The van der Waals surface area contributed by atoms with Crippen LogP contribution in [0.1, 0.15) is 26.2 Å². The molecule has 1 aliphatic rings. The Bertz CT molecular complexity index is 582. The molecule has 2 unspecified atom stereocenters. The minimum absolute atomic E-state index is 0.556. The Labute approximate surface area is 114 Å². The van der Waals surface area contributed by atoms with Gasteiger partial charge in [0.2, 0.25) is 0 Å². The SMILES string of the molecule is COc1ccc2c(NC3CCCC3C)nccc2c1. The van der Waals surface area contributed by atoms with Gasteiger partial charge in [-0.1, -0.05) is 13.3 Å². The molecule has 1 aliphatic carbocycles.